The van der Waals surface area contributed by atoms with Gasteiger partial charge < -0.3 is 18.9 Å². The fraction of sp³-hybridized carbons (Fsp3) is 1.00. The molecule has 6 heteroatoms. The molecule has 4 aliphatic rings. The number of rotatable bonds is 4. The molecule has 152 valence electrons. The molecule has 4 heterocycles. The standard InChI is InChI=1S/2C10H19NO2/c2*1-8(2)10-5-11(3-4-13-10)9-6-12-7-9/h2*8-10H,3-7H2,1-2H3/t2*10-/m10/s1. The van der Waals surface area contributed by atoms with Crippen molar-refractivity contribution in [1.82, 2.24) is 9.80 Å². The van der Waals surface area contributed by atoms with E-state index in [0.717, 1.165) is 65.8 Å². The van der Waals surface area contributed by atoms with E-state index in [1.807, 2.05) is 0 Å². The molecule has 0 radical (unpaired) electrons. The Bertz CT molecular complexity index is 375. The Kier molecular flexibility index (Phi) is 7.73. The topological polar surface area (TPSA) is 43.4 Å². The van der Waals surface area contributed by atoms with Gasteiger partial charge in [-0.2, -0.15) is 0 Å². The lowest BCUT2D eigenvalue weighted by molar-refractivity contribution is -0.122. The van der Waals surface area contributed by atoms with Gasteiger partial charge in [-0.1, -0.05) is 27.7 Å². The normalized spacial score (nSPS) is 32.1. The van der Waals surface area contributed by atoms with Gasteiger partial charge in [0.15, 0.2) is 0 Å². The van der Waals surface area contributed by atoms with Crippen molar-refractivity contribution < 1.29 is 18.9 Å². The Morgan fingerprint density at radius 1 is 0.654 bits per heavy atom. The van der Waals surface area contributed by atoms with Gasteiger partial charge in [0.2, 0.25) is 0 Å². The Hall–Kier alpha value is -0.240. The first-order valence-electron chi connectivity index (χ1n) is 10.4. The summed E-state index contributed by atoms with van der Waals surface area (Å²) in [6, 6.07) is 1.34. The summed E-state index contributed by atoms with van der Waals surface area (Å²) in [5, 5.41) is 0. The Morgan fingerprint density at radius 2 is 1.04 bits per heavy atom. The summed E-state index contributed by atoms with van der Waals surface area (Å²) in [5.41, 5.74) is 0. The molecule has 4 fully saturated rings. The number of ether oxygens (including phenoxy) is 4. The molecule has 0 N–H and O–H groups in total. The average Bonchev–Trinajstić information content (AvgIpc) is 2.53. The van der Waals surface area contributed by atoms with Crippen LogP contribution in [-0.4, -0.2) is 99.9 Å². The fourth-order valence-corrected chi connectivity index (χ4v) is 3.73. The molecule has 4 rings (SSSR count). The van der Waals surface area contributed by atoms with Crippen LogP contribution < -0.4 is 0 Å². The molecule has 0 aromatic rings. The van der Waals surface area contributed by atoms with E-state index in [0.29, 0.717) is 36.1 Å². The number of hydrogen-bond acceptors (Lipinski definition) is 6. The Labute approximate surface area is 159 Å². The maximum Gasteiger partial charge on any atom is 0.0725 e. The average molecular weight is 371 g/mol. The summed E-state index contributed by atoms with van der Waals surface area (Å²) in [5.74, 6) is 1.26. The molecule has 4 aliphatic heterocycles. The summed E-state index contributed by atoms with van der Waals surface area (Å²) in [6.07, 6.45) is 0.851. The highest BCUT2D eigenvalue weighted by Crippen LogP contribution is 2.19. The molecule has 2 atom stereocenters. The second-order valence-electron chi connectivity index (χ2n) is 8.68. The van der Waals surface area contributed by atoms with Crippen molar-refractivity contribution in [3.8, 4) is 0 Å². The highest BCUT2D eigenvalue weighted by atomic mass is 16.5. The van der Waals surface area contributed by atoms with E-state index in [2.05, 4.69) is 37.5 Å². The molecular formula is C20H38N2O4. The predicted octanol–water partition coefficient (Wildman–Crippen LogP) is 1.48. The zero-order chi connectivity index (χ0) is 18.5. The van der Waals surface area contributed by atoms with Crippen LogP contribution >= 0.6 is 0 Å². The van der Waals surface area contributed by atoms with E-state index >= 15 is 0 Å². The molecule has 0 aliphatic carbocycles. The summed E-state index contributed by atoms with van der Waals surface area (Å²) in [4.78, 5) is 5.02. The monoisotopic (exact) mass is 370 g/mol. The molecule has 0 amide bonds. The van der Waals surface area contributed by atoms with Crippen LogP contribution in [0.1, 0.15) is 27.7 Å². The Morgan fingerprint density at radius 3 is 1.31 bits per heavy atom. The highest BCUT2D eigenvalue weighted by molar-refractivity contribution is 4.84. The number of nitrogens with zero attached hydrogens (tertiary/aromatic N) is 2. The van der Waals surface area contributed by atoms with Gasteiger partial charge in [-0.3, -0.25) is 9.80 Å². The first kappa shape index (κ1) is 20.5. The Balaban J connectivity index is 0.000000151. The largest absolute Gasteiger partial charge is 0.378 e. The fourth-order valence-electron chi connectivity index (χ4n) is 3.73. The van der Waals surface area contributed by atoms with Crippen LogP contribution in [0.25, 0.3) is 0 Å². The van der Waals surface area contributed by atoms with Crippen LogP contribution in [0.5, 0.6) is 0 Å². The minimum atomic E-state index is 0.425. The van der Waals surface area contributed by atoms with Crippen molar-refractivity contribution in [2.24, 2.45) is 11.8 Å². The molecular weight excluding hydrogens is 332 g/mol. The van der Waals surface area contributed by atoms with Gasteiger partial charge in [0.25, 0.3) is 0 Å². The summed E-state index contributed by atoms with van der Waals surface area (Å²) in [7, 11) is 0. The minimum absolute atomic E-state index is 0.425. The van der Waals surface area contributed by atoms with E-state index in [9.17, 15) is 0 Å². The van der Waals surface area contributed by atoms with Crippen molar-refractivity contribution >= 4 is 0 Å². The van der Waals surface area contributed by atoms with Crippen LogP contribution in [0.15, 0.2) is 0 Å². The maximum absolute atomic E-state index is 5.71. The third-order valence-corrected chi connectivity index (χ3v) is 6.01. The van der Waals surface area contributed by atoms with E-state index in [1.54, 1.807) is 0 Å². The first-order chi connectivity index (χ1) is 12.5. The van der Waals surface area contributed by atoms with Crippen molar-refractivity contribution in [2.75, 3.05) is 65.8 Å². The zero-order valence-corrected chi connectivity index (χ0v) is 17.1. The summed E-state index contributed by atoms with van der Waals surface area (Å²) in [6.45, 7) is 18.7. The van der Waals surface area contributed by atoms with E-state index < -0.39 is 0 Å². The number of morpholine rings is 2. The van der Waals surface area contributed by atoms with Crippen LogP contribution in [0.4, 0.5) is 0 Å². The van der Waals surface area contributed by atoms with Gasteiger partial charge in [-0.05, 0) is 11.8 Å². The second kappa shape index (κ2) is 9.80. The molecule has 0 bridgehead atoms. The van der Waals surface area contributed by atoms with Gasteiger partial charge in [0.1, 0.15) is 0 Å². The molecule has 0 aromatic carbocycles. The van der Waals surface area contributed by atoms with Crippen LogP contribution in [0, 0.1) is 11.8 Å². The molecule has 0 saturated carbocycles. The lowest BCUT2D eigenvalue weighted by Crippen LogP contribution is -2.56. The van der Waals surface area contributed by atoms with E-state index in [1.165, 1.54) is 0 Å². The van der Waals surface area contributed by atoms with Crippen molar-refractivity contribution in [1.29, 1.82) is 0 Å². The van der Waals surface area contributed by atoms with Gasteiger partial charge in [0, 0.05) is 26.2 Å². The summed E-state index contributed by atoms with van der Waals surface area (Å²) < 4.78 is 21.8. The van der Waals surface area contributed by atoms with Crippen LogP contribution in [0.3, 0.4) is 0 Å². The molecule has 0 spiro atoms. The molecule has 26 heavy (non-hydrogen) atoms. The smallest absolute Gasteiger partial charge is 0.0725 e. The van der Waals surface area contributed by atoms with Gasteiger partial charge in [0.05, 0.1) is 63.9 Å². The number of hydrogen-bond donors (Lipinski definition) is 0. The van der Waals surface area contributed by atoms with Gasteiger partial charge in [-0.25, -0.2) is 0 Å². The molecule has 4 saturated heterocycles. The molecule has 0 unspecified atom stereocenters. The minimum Gasteiger partial charge on any atom is -0.378 e. The van der Waals surface area contributed by atoms with Crippen molar-refractivity contribution in [2.45, 2.75) is 52.0 Å². The van der Waals surface area contributed by atoms with Crippen molar-refractivity contribution in [3.63, 3.8) is 0 Å². The predicted molar refractivity (Wildman–Crippen MR) is 102 cm³/mol. The van der Waals surface area contributed by atoms with Crippen LogP contribution in [-0.2, 0) is 18.9 Å². The third-order valence-electron chi connectivity index (χ3n) is 6.01. The summed E-state index contributed by atoms with van der Waals surface area (Å²) >= 11 is 0. The first-order valence-corrected chi connectivity index (χ1v) is 10.4. The third kappa shape index (κ3) is 5.40. The maximum atomic E-state index is 5.71. The van der Waals surface area contributed by atoms with E-state index in [4.69, 9.17) is 18.9 Å². The molecule has 0 aromatic heterocycles. The lowest BCUT2D eigenvalue weighted by Gasteiger charge is -2.42. The van der Waals surface area contributed by atoms with Gasteiger partial charge in [-0.15, -0.1) is 0 Å². The lowest BCUT2D eigenvalue weighted by atomic mass is 10.0. The van der Waals surface area contributed by atoms with Crippen molar-refractivity contribution in [3.05, 3.63) is 0 Å². The van der Waals surface area contributed by atoms with E-state index in [-0.39, 0.29) is 0 Å². The highest BCUT2D eigenvalue weighted by Gasteiger charge is 2.32. The van der Waals surface area contributed by atoms with Gasteiger partial charge >= 0.3 is 0 Å². The molecule has 6 nitrogen and oxygen atoms in total. The zero-order valence-electron chi connectivity index (χ0n) is 17.1. The van der Waals surface area contributed by atoms with Crippen LogP contribution in [0.2, 0.25) is 0 Å². The second-order valence-corrected chi connectivity index (χ2v) is 8.68. The quantitative estimate of drug-likeness (QED) is 0.747. The SMILES string of the molecule is CC(C)[C@@H]1CN(C2COC2)CCO1.CC(C)[C@H]1CN(C2COC2)CCO1.